The molecule has 1 atom stereocenters. The molecule has 0 bridgehead atoms. The minimum atomic E-state index is -0.290. The third-order valence-electron chi connectivity index (χ3n) is 2.99. The molecule has 2 aromatic carbocycles. The van der Waals surface area contributed by atoms with Crippen molar-refractivity contribution in [2.45, 2.75) is 18.7 Å². The standard InChI is InChI=1S/C15H12Br2F2/c1-8-5-10(6-9(2)15(8)19)14(17)12-4-3-11(18)7-13(12)16/h3-7,14H,1-2H3. The summed E-state index contributed by atoms with van der Waals surface area (Å²) in [5.74, 6) is -0.469. The van der Waals surface area contributed by atoms with E-state index in [0.717, 1.165) is 11.1 Å². The van der Waals surface area contributed by atoms with E-state index in [4.69, 9.17) is 0 Å². The first-order valence-corrected chi connectivity index (χ1v) is 7.46. The van der Waals surface area contributed by atoms with E-state index in [1.165, 1.54) is 12.1 Å². The van der Waals surface area contributed by atoms with Gasteiger partial charge < -0.3 is 0 Å². The lowest BCUT2D eigenvalue weighted by molar-refractivity contribution is 0.608. The van der Waals surface area contributed by atoms with E-state index in [1.807, 2.05) is 0 Å². The summed E-state index contributed by atoms with van der Waals surface area (Å²) in [5.41, 5.74) is 3.07. The normalized spacial score (nSPS) is 12.5. The van der Waals surface area contributed by atoms with Gasteiger partial charge in [-0.3, -0.25) is 0 Å². The van der Waals surface area contributed by atoms with Crippen molar-refractivity contribution in [3.8, 4) is 0 Å². The van der Waals surface area contributed by atoms with E-state index in [-0.39, 0.29) is 16.5 Å². The molecule has 100 valence electrons. The summed E-state index contributed by atoms with van der Waals surface area (Å²) in [6.07, 6.45) is 0. The minimum Gasteiger partial charge on any atom is -0.207 e. The number of aryl methyl sites for hydroxylation is 2. The smallest absolute Gasteiger partial charge is 0.129 e. The van der Waals surface area contributed by atoms with Gasteiger partial charge >= 0.3 is 0 Å². The molecule has 0 heterocycles. The Morgan fingerprint density at radius 1 is 1.00 bits per heavy atom. The molecule has 19 heavy (non-hydrogen) atoms. The fourth-order valence-electron chi connectivity index (χ4n) is 2.01. The van der Waals surface area contributed by atoms with Crippen LogP contribution >= 0.6 is 31.9 Å². The van der Waals surface area contributed by atoms with E-state index in [9.17, 15) is 8.78 Å². The van der Waals surface area contributed by atoms with Crippen LogP contribution in [0.4, 0.5) is 8.78 Å². The zero-order valence-corrected chi connectivity index (χ0v) is 13.6. The molecule has 0 radical (unpaired) electrons. The molecule has 2 rings (SSSR count). The lowest BCUT2D eigenvalue weighted by Gasteiger charge is -2.15. The Kier molecular flexibility index (Phi) is 4.41. The highest BCUT2D eigenvalue weighted by atomic mass is 79.9. The van der Waals surface area contributed by atoms with Crippen LogP contribution in [-0.4, -0.2) is 0 Å². The van der Waals surface area contributed by atoms with Gasteiger partial charge in [-0.05, 0) is 48.2 Å². The van der Waals surface area contributed by atoms with E-state index in [0.29, 0.717) is 15.6 Å². The van der Waals surface area contributed by atoms with Crippen molar-refractivity contribution in [3.63, 3.8) is 0 Å². The molecule has 2 aromatic rings. The second kappa shape index (κ2) is 5.71. The highest BCUT2D eigenvalue weighted by Crippen LogP contribution is 2.36. The van der Waals surface area contributed by atoms with Crippen LogP contribution in [0, 0.1) is 25.5 Å². The van der Waals surface area contributed by atoms with E-state index < -0.39 is 0 Å². The Labute approximate surface area is 128 Å². The molecule has 0 aliphatic heterocycles. The topological polar surface area (TPSA) is 0 Å². The largest absolute Gasteiger partial charge is 0.207 e. The maximum atomic E-state index is 13.6. The Balaban J connectivity index is 2.47. The lowest BCUT2D eigenvalue weighted by atomic mass is 10.00. The first-order chi connectivity index (χ1) is 8.90. The van der Waals surface area contributed by atoms with Crippen molar-refractivity contribution in [1.29, 1.82) is 0 Å². The molecule has 0 saturated heterocycles. The van der Waals surface area contributed by atoms with Crippen molar-refractivity contribution in [1.82, 2.24) is 0 Å². The van der Waals surface area contributed by atoms with Crippen LogP contribution < -0.4 is 0 Å². The van der Waals surface area contributed by atoms with Gasteiger partial charge in [0.25, 0.3) is 0 Å². The lowest BCUT2D eigenvalue weighted by Crippen LogP contribution is -1.98. The summed E-state index contributed by atoms with van der Waals surface area (Å²) in [5, 5.41) is 0. The molecule has 0 N–H and O–H groups in total. The third-order valence-corrected chi connectivity index (χ3v) is 4.70. The summed E-state index contributed by atoms with van der Waals surface area (Å²) in [7, 11) is 0. The summed E-state index contributed by atoms with van der Waals surface area (Å²) >= 11 is 6.94. The molecule has 0 amide bonds. The van der Waals surface area contributed by atoms with Crippen LogP contribution in [0.3, 0.4) is 0 Å². The molecule has 1 unspecified atom stereocenters. The van der Waals surface area contributed by atoms with Crippen LogP contribution in [0.1, 0.15) is 27.1 Å². The van der Waals surface area contributed by atoms with Gasteiger partial charge in [0, 0.05) is 4.47 Å². The van der Waals surface area contributed by atoms with Crippen molar-refractivity contribution in [2.75, 3.05) is 0 Å². The maximum Gasteiger partial charge on any atom is 0.129 e. The molecule has 0 aliphatic carbocycles. The Morgan fingerprint density at radius 2 is 1.58 bits per heavy atom. The fourth-order valence-corrected chi connectivity index (χ4v) is 3.56. The zero-order chi connectivity index (χ0) is 14.2. The second-order valence-corrected chi connectivity index (χ2v) is 6.27. The third kappa shape index (κ3) is 3.06. The monoisotopic (exact) mass is 388 g/mol. The molecule has 0 spiro atoms. The first kappa shape index (κ1) is 14.7. The average molecular weight is 390 g/mol. The summed E-state index contributed by atoms with van der Waals surface area (Å²) in [6, 6.07) is 8.16. The molecule has 0 aromatic heterocycles. The van der Waals surface area contributed by atoms with Gasteiger partial charge in [0.05, 0.1) is 4.83 Å². The van der Waals surface area contributed by atoms with Gasteiger partial charge in [-0.2, -0.15) is 0 Å². The van der Waals surface area contributed by atoms with Crippen molar-refractivity contribution in [2.24, 2.45) is 0 Å². The molecule has 0 nitrogen and oxygen atoms in total. The zero-order valence-electron chi connectivity index (χ0n) is 10.5. The van der Waals surface area contributed by atoms with Gasteiger partial charge in [-0.15, -0.1) is 0 Å². The summed E-state index contributed by atoms with van der Waals surface area (Å²) in [4.78, 5) is -0.111. The van der Waals surface area contributed by atoms with Crippen LogP contribution in [-0.2, 0) is 0 Å². The van der Waals surface area contributed by atoms with Crippen LogP contribution in [0.25, 0.3) is 0 Å². The van der Waals surface area contributed by atoms with Crippen LogP contribution in [0.5, 0.6) is 0 Å². The Hall–Kier alpha value is -0.740. The van der Waals surface area contributed by atoms with Crippen molar-refractivity contribution >= 4 is 31.9 Å². The number of hydrogen-bond acceptors (Lipinski definition) is 0. The molecular formula is C15H12Br2F2. The van der Waals surface area contributed by atoms with Crippen LogP contribution in [0.2, 0.25) is 0 Å². The highest BCUT2D eigenvalue weighted by Gasteiger charge is 2.16. The molecule has 4 heteroatoms. The SMILES string of the molecule is Cc1cc(C(Br)c2ccc(F)cc2Br)cc(C)c1F. The Bertz CT molecular complexity index is 601. The molecule has 0 saturated carbocycles. The van der Waals surface area contributed by atoms with Gasteiger partial charge in [0.1, 0.15) is 11.6 Å². The van der Waals surface area contributed by atoms with Gasteiger partial charge in [0.15, 0.2) is 0 Å². The maximum absolute atomic E-state index is 13.6. The molecule has 0 fully saturated rings. The summed E-state index contributed by atoms with van der Waals surface area (Å²) < 4.78 is 27.4. The van der Waals surface area contributed by atoms with Crippen LogP contribution in [0.15, 0.2) is 34.8 Å². The van der Waals surface area contributed by atoms with Gasteiger partial charge in [0.2, 0.25) is 0 Å². The van der Waals surface area contributed by atoms with Crippen molar-refractivity contribution in [3.05, 3.63) is 68.7 Å². The van der Waals surface area contributed by atoms with Gasteiger partial charge in [-0.25, -0.2) is 8.78 Å². The van der Waals surface area contributed by atoms with E-state index >= 15 is 0 Å². The Morgan fingerprint density at radius 3 is 2.11 bits per heavy atom. The average Bonchev–Trinajstić information content (AvgIpc) is 2.34. The van der Waals surface area contributed by atoms with E-state index in [1.54, 1.807) is 32.0 Å². The van der Waals surface area contributed by atoms with E-state index in [2.05, 4.69) is 31.9 Å². The number of rotatable bonds is 2. The quantitative estimate of drug-likeness (QED) is 0.567. The first-order valence-electron chi connectivity index (χ1n) is 5.76. The number of alkyl halides is 1. The summed E-state index contributed by atoms with van der Waals surface area (Å²) in [6.45, 7) is 3.48. The number of halogens is 4. The fraction of sp³-hybridized carbons (Fsp3) is 0.200. The van der Waals surface area contributed by atoms with Crippen molar-refractivity contribution < 1.29 is 8.78 Å². The number of hydrogen-bond donors (Lipinski definition) is 0. The number of benzene rings is 2. The highest BCUT2D eigenvalue weighted by molar-refractivity contribution is 9.11. The molecule has 0 aliphatic rings. The minimum absolute atomic E-state index is 0.111. The second-order valence-electron chi connectivity index (χ2n) is 4.50. The predicted molar refractivity (Wildman–Crippen MR) is 80.7 cm³/mol. The molecular weight excluding hydrogens is 378 g/mol. The van der Waals surface area contributed by atoms with Gasteiger partial charge in [-0.1, -0.05) is 50.1 Å². The predicted octanol–water partition coefficient (Wildman–Crippen LogP) is 5.83.